The van der Waals surface area contributed by atoms with Crippen LogP contribution in [0.1, 0.15) is 48.7 Å². The average molecular weight is 369 g/mol. The van der Waals surface area contributed by atoms with Crippen molar-refractivity contribution in [2.45, 2.75) is 32.7 Å². The number of hydrogen-bond acceptors (Lipinski definition) is 4. The van der Waals surface area contributed by atoms with Gasteiger partial charge in [0, 0.05) is 12.1 Å². The summed E-state index contributed by atoms with van der Waals surface area (Å²) in [4.78, 5) is 15.1. The molecule has 5 heteroatoms. The first kappa shape index (κ1) is 19.1. The molecule has 1 aliphatic heterocycles. The molecule has 0 bridgehead atoms. The van der Waals surface area contributed by atoms with E-state index in [1.54, 1.807) is 19.2 Å². The van der Waals surface area contributed by atoms with Gasteiger partial charge in [-0.2, -0.15) is 0 Å². The standard InChI is InChI=1S/C22H27NO4/c1-4-26-18-11-8-16(9-12-18)19-7-6-14-23(19)22(24)17-10-13-20(27-5-2)21(15-17)25-3/h8-13,15,19H,4-7,14H2,1-3H3. The van der Waals surface area contributed by atoms with Crippen LogP contribution >= 0.6 is 0 Å². The fourth-order valence-electron chi connectivity index (χ4n) is 3.55. The van der Waals surface area contributed by atoms with E-state index in [1.807, 2.05) is 36.9 Å². The third-order valence-electron chi connectivity index (χ3n) is 4.80. The SMILES string of the molecule is CCOc1ccc(C2CCCN2C(=O)c2ccc(OCC)c(OC)c2)cc1. The highest BCUT2D eigenvalue weighted by Crippen LogP contribution is 2.35. The molecule has 1 atom stereocenters. The molecular formula is C22H27NO4. The van der Waals surface area contributed by atoms with Crippen molar-refractivity contribution in [2.24, 2.45) is 0 Å². The number of amides is 1. The Morgan fingerprint density at radius 2 is 1.78 bits per heavy atom. The summed E-state index contributed by atoms with van der Waals surface area (Å²) < 4.78 is 16.5. The van der Waals surface area contributed by atoms with E-state index in [2.05, 4.69) is 12.1 Å². The van der Waals surface area contributed by atoms with Gasteiger partial charge in [-0.3, -0.25) is 4.79 Å². The number of carbonyl (C=O) groups excluding carboxylic acids is 1. The lowest BCUT2D eigenvalue weighted by Crippen LogP contribution is -2.30. The molecular weight excluding hydrogens is 342 g/mol. The Morgan fingerprint density at radius 3 is 2.44 bits per heavy atom. The predicted molar refractivity (Wildman–Crippen MR) is 105 cm³/mol. The van der Waals surface area contributed by atoms with Crippen LogP contribution in [0.2, 0.25) is 0 Å². The fourth-order valence-corrected chi connectivity index (χ4v) is 3.55. The first-order chi connectivity index (χ1) is 13.2. The molecule has 1 saturated heterocycles. The van der Waals surface area contributed by atoms with E-state index in [-0.39, 0.29) is 11.9 Å². The van der Waals surface area contributed by atoms with Crippen molar-refractivity contribution < 1.29 is 19.0 Å². The fraction of sp³-hybridized carbons (Fsp3) is 0.409. The van der Waals surface area contributed by atoms with Crippen LogP contribution in [-0.4, -0.2) is 37.7 Å². The molecule has 2 aromatic rings. The van der Waals surface area contributed by atoms with Gasteiger partial charge in [0.15, 0.2) is 11.5 Å². The zero-order valence-corrected chi connectivity index (χ0v) is 16.2. The highest BCUT2D eigenvalue weighted by Gasteiger charge is 2.31. The summed E-state index contributed by atoms with van der Waals surface area (Å²) in [6.07, 6.45) is 1.96. The number of benzene rings is 2. The molecule has 0 aliphatic carbocycles. The Bertz CT molecular complexity index is 772. The van der Waals surface area contributed by atoms with Gasteiger partial charge in [-0.1, -0.05) is 12.1 Å². The Hall–Kier alpha value is -2.69. The largest absolute Gasteiger partial charge is 0.494 e. The highest BCUT2D eigenvalue weighted by molar-refractivity contribution is 5.95. The lowest BCUT2D eigenvalue weighted by atomic mass is 10.0. The van der Waals surface area contributed by atoms with E-state index >= 15 is 0 Å². The third kappa shape index (κ3) is 4.18. The Labute approximate surface area is 160 Å². The molecule has 1 unspecified atom stereocenters. The molecule has 0 N–H and O–H groups in total. The lowest BCUT2D eigenvalue weighted by Gasteiger charge is -2.25. The molecule has 1 fully saturated rings. The predicted octanol–water partition coefficient (Wildman–Crippen LogP) is 4.47. The summed E-state index contributed by atoms with van der Waals surface area (Å²) in [7, 11) is 1.59. The molecule has 27 heavy (non-hydrogen) atoms. The lowest BCUT2D eigenvalue weighted by molar-refractivity contribution is 0.0735. The van der Waals surface area contributed by atoms with Crippen LogP contribution in [0.15, 0.2) is 42.5 Å². The van der Waals surface area contributed by atoms with Gasteiger partial charge < -0.3 is 19.1 Å². The smallest absolute Gasteiger partial charge is 0.254 e. The van der Waals surface area contributed by atoms with Crippen molar-refractivity contribution in [1.29, 1.82) is 0 Å². The van der Waals surface area contributed by atoms with Gasteiger partial charge in [0.1, 0.15) is 5.75 Å². The molecule has 5 nitrogen and oxygen atoms in total. The normalized spacial score (nSPS) is 16.3. The average Bonchev–Trinajstić information content (AvgIpc) is 3.18. The second kappa shape index (κ2) is 8.80. The first-order valence-corrected chi connectivity index (χ1v) is 9.52. The molecule has 1 heterocycles. The van der Waals surface area contributed by atoms with Gasteiger partial charge in [-0.05, 0) is 62.6 Å². The summed E-state index contributed by atoms with van der Waals surface area (Å²) >= 11 is 0. The van der Waals surface area contributed by atoms with Crippen LogP contribution in [0.5, 0.6) is 17.2 Å². The minimum absolute atomic E-state index is 0.0210. The topological polar surface area (TPSA) is 48.0 Å². The molecule has 0 aromatic heterocycles. The zero-order chi connectivity index (χ0) is 19.2. The van der Waals surface area contributed by atoms with Gasteiger partial charge in [-0.15, -0.1) is 0 Å². The van der Waals surface area contributed by atoms with Crippen molar-refractivity contribution in [1.82, 2.24) is 4.90 Å². The Balaban J connectivity index is 1.81. The third-order valence-corrected chi connectivity index (χ3v) is 4.80. The molecule has 0 radical (unpaired) electrons. The minimum atomic E-state index is 0.0210. The number of ether oxygens (including phenoxy) is 3. The second-order valence-electron chi connectivity index (χ2n) is 6.46. The van der Waals surface area contributed by atoms with Crippen LogP contribution in [0.25, 0.3) is 0 Å². The van der Waals surface area contributed by atoms with Crippen molar-refractivity contribution in [2.75, 3.05) is 26.9 Å². The zero-order valence-electron chi connectivity index (χ0n) is 16.2. The van der Waals surface area contributed by atoms with Gasteiger partial charge >= 0.3 is 0 Å². The van der Waals surface area contributed by atoms with Gasteiger partial charge in [0.2, 0.25) is 0 Å². The van der Waals surface area contributed by atoms with E-state index in [0.717, 1.165) is 30.7 Å². The molecule has 1 amide bonds. The quantitative estimate of drug-likeness (QED) is 0.722. The summed E-state index contributed by atoms with van der Waals surface area (Å²) in [5.41, 5.74) is 1.76. The van der Waals surface area contributed by atoms with E-state index in [9.17, 15) is 4.79 Å². The minimum Gasteiger partial charge on any atom is -0.494 e. The van der Waals surface area contributed by atoms with Crippen molar-refractivity contribution in [3.63, 3.8) is 0 Å². The number of methoxy groups -OCH3 is 1. The molecule has 2 aromatic carbocycles. The molecule has 0 saturated carbocycles. The monoisotopic (exact) mass is 369 g/mol. The van der Waals surface area contributed by atoms with Gasteiger partial charge in [0.05, 0.1) is 26.4 Å². The van der Waals surface area contributed by atoms with E-state index in [1.165, 1.54) is 0 Å². The Morgan fingerprint density at radius 1 is 1.04 bits per heavy atom. The van der Waals surface area contributed by atoms with Crippen LogP contribution in [0.3, 0.4) is 0 Å². The maximum absolute atomic E-state index is 13.1. The van der Waals surface area contributed by atoms with Crippen LogP contribution in [-0.2, 0) is 0 Å². The molecule has 3 rings (SSSR count). The second-order valence-corrected chi connectivity index (χ2v) is 6.46. The summed E-state index contributed by atoms with van der Waals surface area (Å²) in [5.74, 6) is 2.11. The van der Waals surface area contributed by atoms with Crippen LogP contribution < -0.4 is 14.2 Å². The maximum Gasteiger partial charge on any atom is 0.254 e. The molecule has 1 aliphatic rings. The first-order valence-electron chi connectivity index (χ1n) is 9.52. The number of hydrogen-bond donors (Lipinski definition) is 0. The Kier molecular flexibility index (Phi) is 6.22. The summed E-state index contributed by atoms with van der Waals surface area (Å²) in [6, 6.07) is 13.5. The van der Waals surface area contributed by atoms with E-state index < -0.39 is 0 Å². The van der Waals surface area contributed by atoms with Crippen LogP contribution in [0.4, 0.5) is 0 Å². The number of nitrogens with zero attached hydrogens (tertiary/aromatic N) is 1. The molecule has 0 spiro atoms. The highest BCUT2D eigenvalue weighted by atomic mass is 16.5. The summed E-state index contributed by atoms with van der Waals surface area (Å²) in [5, 5.41) is 0. The van der Waals surface area contributed by atoms with Crippen molar-refractivity contribution in [3.05, 3.63) is 53.6 Å². The van der Waals surface area contributed by atoms with Crippen LogP contribution in [0, 0.1) is 0 Å². The van der Waals surface area contributed by atoms with Gasteiger partial charge in [-0.25, -0.2) is 0 Å². The van der Waals surface area contributed by atoms with Gasteiger partial charge in [0.25, 0.3) is 5.91 Å². The maximum atomic E-state index is 13.1. The number of carbonyl (C=O) groups is 1. The number of likely N-dealkylation sites (tertiary alicyclic amines) is 1. The number of rotatable bonds is 7. The van der Waals surface area contributed by atoms with E-state index in [0.29, 0.717) is 30.3 Å². The molecule has 144 valence electrons. The van der Waals surface area contributed by atoms with E-state index in [4.69, 9.17) is 14.2 Å². The summed E-state index contributed by atoms with van der Waals surface area (Å²) in [6.45, 7) is 5.84. The van der Waals surface area contributed by atoms with Crippen molar-refractivity contribution >= 4 is 5.91 Å². The van der Waals surface area contributed by atoms with Crippen molar-refractivity contribution in [3.8, 4) is 17.2 Å².